The maximum absolute atomic E-state index is 13.7. The van der Waals surface area contributed by atoms with Crippen molar-refractivity contribution in [1.29, 1.82) is 0 Å². The van der Waals surface area contributed by atoms with Gasteiger partial charge in [-0.25, -0.2) is 9.49 Å². The number of hydrogen-bond acceptors (Lipinski definition) is 5. The Morgan fingerprint density at radius 3 is 2.21 bits per heavy atom. The Morgan fingerprint density at radius 1 is 1.00 bits per heavy atom. The molecule has 0 saturated heterocycles. The van der Waals surface area contributed by atoms with Crippen molar-refractivity contribution in [3.05, 3.63) is 76.4 Å². The first kappa shape index (κ1) is 28.9. The Bertz CT molecular complexity index is 1180. The number of aromatic nitrogens is 4. The molecule has 4 rings (SSSR count). The Balaban J connectivity index is 1.55. The van der Waals surface area contributed by atoms with Crippen molar-refractivity contribution in [2.75, 3.05) is 20.1 Å². The molecule has 1 aliphatic rings. The molecule has 3 unspecified atom stereocenters. The lowest BCUT2D eigenvalue weighted by Crippen LogP contribution is -2.31. The van der Waals surface area contributed by atoms with E-state index in [9.17, 15) is 30.7 Å². The fourth-order valence-corrected chi connectivity index (χ4v) is 5.20. The van der Waals surface area contributed by atoms with Gasteiger partial charge in [-0.1, -0.05) is 12.1 Å². The zero-order valence-corrected chi connectivity index (χ0v) is 21.2. The summed E-state index contributed by atoms with van der Waals surface area (Å²) in [5.74, 6) is 0.0337. The van der Waals surface area contributed by atoms with E-state index in [4.69, 9.17) is 4.74 Å². The van der Waals surface area contributed by atoms with Crippen LogP contribution in [-0.2, 0) is 23.5 Å². The Morgan fingerprint density at radius 2 is 1.64 bits per heavy atom. The van der Waals surface area contributed by atoms with Crippen molar-refractivity contribution < 1.29 is 35.5 Å². The van der Waals surface area contributed by atoms with Gasteiger partial charge in [0.25, 0.3) is 0 Å². The Labute approximate surface area is 220 Å². The molecular weight excluding hydrogens is 531 g/mol. The van der Waals surface area contributed by atoms with Gasteiger partial charge in [-0.15, -0.1) is 5.10 Å². The van der Waals surface area contributed by atoms with E-state index in [1.165, 1.54) is 19.1 Å². The quantitative estimate of drug-likeness (QED) is 0.317. The molecule has 1 aliphatic carbocycles. The zero-order valence-electron chi connectivity index (χ0n) is 21.2. The average Bonchev–Trinajstić information content (AvgIpc) is 3.52. The van der Waals surface area contributed by atoms with E-state index >= 15 is 0 Å². The number of nitrogens with zero attached hydrogens (tertiary/aromatic N) is 4. The van der Waals surface area contributed by atoms with Gasteiger partial charge < -0.3 is 9.64 Å². The second kappa shape index (κ2) is 11.6. The number of nitrogens with one attached hydrogen (secondary N) is 1. The number of halogens is 7. The third-order valence-corrected chi connectivity index (χ3v) is 7.11. The van der Waals surface area contributed by atoms with Crippen molar-refractivity contribution in [1.82, 2.24) is 25.5 Å². The number of likely N-dealkylation sites (N-methyl/N-ethyl adjacent to an activating group) is 1. The molecule has 0 amide bonds. The number of alkyl halides is 6. The largest absolute Gasteiger partial charge is 0.416 e. The number of H-pyrrole nitrogens is 1. The van der Waals surface area contributed by atoms with E-state index < -0.39 is 41.5 Å². The van der Waals surface area contributed by atoms with E-state index in [0.717, 1.165) is 5.56 Å². The summed E-state index contributed by atoms with van der Waals surface area (Å²) >= 11 is 0. The molecule has 1 saturated carbocycles. The molecule has 0 bridgehead atoms. The van der Waals surface area contributed by atoms with Gasteiger partial charge in [0.1, 0.15) is 11.6 Å². The molecular formula is C26H28F7N5O. The van der Waals surface area contributed by atoms with Crippen LogP contribution in [0, 0.1) is 11.7 Å². The molecule has 1 aromatic heterocycles. The van der Waals surface area contributed by atoms with Gasteiger partial charge in [0.15, 0.2) is 0 Å². The second-order valence-electron chi connectivity index (χ2n) is 9.93. The van der Waals surface area contributed by atoms with Gasteiger partial charge in [0.05, 0.1) is 23.3 Å². The van der Waals surface area contributed by atoms with Gasteiger partial charge >= 0.3 is 12.4 Å². The monoisotopic (exact) mass is 559 g/mol. The van der Waals surface area contributed by atoms with Gasteiger partial charge in [0.2, 0.25) is 0 Å². The van der Waals surface area contributed by atoms with E-state index in [1.54, 1.807) is 12.1 Å². The molecule has 1 heterocycles. The highest BCUT2D eigenvalue weighted by Crippen LogP contribution is 2.45. The molecule has 6 nitrogen and oxygen atoms in total. The van der Waals surface area contributed by atoms with Crippen molar-refractivity contribution in [2.24, 2.45) is 5.92 Å². The highest BCUT2D eigenvalue weighted by atomic mass is 19.4. The van der Waals surface area contributed by atoms with Crippen LogP contribution in [0.2, 0.25) is 0 Å². The topological polar surface area (TPSA) is 66.9 Å². The summed E-state index contributed by atoms with van der Waals surface area (Å²) in [7, 11) is 1.93. The van der Waals surface area contributed by atoms with Crippen LogP contribution in [-0.4, -0.2) is 51.8 Å². The minimum Gasteiger partial charge on any atom is -0.370 e. The first-order valence-corrected chi connectivity index (χ1v) is 12.4. The van der Waals surface area contributed by atoms with Gasteiger partial charge in [-0.3, -0.25) is 0 Å². The van der Waals surface area contributed by atoms with Gasteiger partial charge in [0, 0.05) is 25.4 Å². The standard InChI is InChI=1S/C26H28F7N5O/c1-15(18-11-19(25(28,29)30)13-20(12-18)26(31,32)33)39-22-8-5-17(24(22)16-3-6-21(27)7-4-16)14-38(2)10-9-23-34-36-37-35-23/h3-4,6-7,11-13,15,17,22,24H,5,8-10,14H2,1-2H3,(H,34,35,36,37)/t15-,17?,22?,24?/m0/s1. The molecule has 3 aromatic rings. The normalized spacial score (nSPS) is 21.0. The molecule has 212 valence electrons. The van der Waals surface area contributed by atoms with Crippen LogP contribution < -0.4 is 0 Å². The number of hydrogen-bond donors (Lipinski definition) is 1. The van der Waals surface area contributed by atoms with Crippen molar-refractivity contribution in [2.45, 2.75) is 56.7 Å². The minimum absolute atomic E-state index is 0.0535. The fraction of sp³-hybridized carbons (Fsp3) is 0.500. The summed E-state index contributed by atoms with van der Waals surface area (Å²) in [6, 6.07) is 7.45. The Hall–Kier alpha value is -3.06. The van der Waals surface area contributed by atoms with Gasteiger partial charge in [-0.05, 0) is 84.6 Å². The predicted molar refractivity (Wildman–Crippen MR) is 127 cm³/mol. The van der Waals surface area contributed by atoms with Crippen molar-refractivity contribution >= 4 is 0 Å². The molecule has 0 spiro atoms. The maximum Gasteiger partial charge on any atom is 0.416 e. The smallest absolute Gasteiger partial charge is 0.370 e. The zero-order chi connectivity index (χ0) is 28.4. The summed E-state index contributed by atoms with van der Waals surface area (Å²) in [5, 5.41) is 13.7. The highest BCUT2D eigenvalue weighted by molar-refractivity contribution is 5.35. The van der Waals surface area contributed by atoms with Crippen LogP contribution in [0.4, 0.5) is 30.7 Å². The third-order valence-electron chi connectivity index (χ3n) is 7.11. The van der Waals surface area contributed by atoms with Gasteiger partial charge in [-0.2, -0.15) is 26.3 Å². The predicted octanol–water partition coefficient (Wildman–Crippen LogP) is 6.19. The molecule has 13 heteroatoms. The number of rotatable bonds is 9. The lowest BCUT2D eigenvalue weighted by atomic mass is 9.87. The highest BCUT2D eigenvalue weighted by Gasteiger charge is 2.41. The molecule has 0 radical (unpaired) electrons. The first-order valence-electron chi connectivity index (χ1n) is 12.4. The second-order valence-corrected chi connectivity index (χ2v) is 9.93. The maximum atomic E-state index is 13.7. The number of ether oxygens (including phenoxy) is 1. The van der Waals surface area contributed by atoms with E-state index in [0.29, 0.717) is 50.3 Å². The van der Waals surface area contributed by atoms with E-state index in [-0.39, 0.29) is 23.5 Å². The van der Waals surface area contributed by atoms with Crippen LogP contribution in [0.1, 0.15) is 59.9 Å². The SMILES string of the molecule is C[C@H](OC1CCC(CN(C)CCc2nnn[nH]2)C1c1ccc(F)cc1)c1cc(C(F)(F)F)cc(C(F)(F)F)c1. The summed E-state index contributed by atoms with van der Waals surface area (Å²) in [6.07, 6.45) is -9.59. The van der Waals surface area contributed by atoms with Crippen molar-refractivity contribution in [3.8, 4) is 0 Å². The third kappa shape index (κ3) is 7.33. The van der Waals surface area contributed by atoms with Crippen LogP contribution in [0.5, 0.6) is 0 Å². The molecule has 4 atom stereocenters. The molecule has 0 aliphatic heterocycles. The molecule has 1 fully saturated rings. The molecule has 39 heavy (non-hydrogen) atoms. The van der Waals surface area contributed by atoms with Crippen LogP contribution in [0.15, 0.2) is 42.5 Å². The van der Waals surface area contributed by atoms with Crippen LogP contribution in [0.25, 0.3) is 0 Å². The lowest BCUT2D eigenvalue weighted by Gasteiger charge is -2.30. The van der Waals surface area contributed by atoms with Crippen molar-refractivity contribution in [3.63, 3.8) is 0 Å². The minimum atomic E-state index is -4.95. The number of tetrazole rings is 1. The average molecular weight is 560 g/mol. The van der Waals surface area contributed by atoms with E-state index in [2.05, 4.69) is 25.5 Å². The number of benzene rings is 2. The lowest BCUT2D eigenvalue weighted by molar-refractivity contribution is -0.143. The first-order chi connectivity index (χ1) is 18.3. The van der Waals surface area contributed by atoms with Crippen LogP contribution in [0.3, 0.4) is 0 Å². The fourth-order valence-electron chi connectivity index (χ4n) is 5.20. The summed E-state index contributed by atoms with van der Waals surface area (Å²) < 4.78 is 100. The summed E-state index contributed by atoms with van der Waals surface area (Å²) in [5.41, 5.74) is -2.18. The summed E-state index contributed by atoms with van der Waals surface area (Å²) in [4.78, 5) is 2.10. The summed E-state index contributed by atoms with van der Waals surface area (Å²) in [6.45, 7) is 2.73. The molecule has 1 N–H and O–H groups in total. The number of aromatic amines is 1. The Kier molecular flexibility index (Phi) is 8.60. The van der Waals surface area contributed by atoms with E-state index in [1.807, 2.05) is 7.05 Å². The molecule has 2 aromatic carbocycles. The van der Waals surface area contributed by atoms with Crippen LogP contribution >= 0.6 is 0 Å².